The Morgan fingerprint density at radius 1 is 1.19 bits per heavy atom. The molecule has 0 radical (unpaired) electrons. The van der Waals surface area contributed by atoms with Crippen molar-refractivity contribution in [2.45, 2.75) is 44.4 Å². The van der Waals surface area contributed by atoms with Crippen LogP contribution in [0.2, 0.25) is 10.0 Å². The zero-order valence-electron chi connectivity index (χ0n) is 17.6. The van der Waals surface area contributed by atoms with E-state index >= 15 is 0 Å². The van der Waals surface area contributed by atoms with Gasteiger partial charge in [0.2, 0.25) is 15.9 Å². The molecule has 1 saturated heterocycles. The first-order valence-electron chi connectivity index (χ1n) is 10.5. The van der Waals surface area contributed by atoms with Crippen LogP contribution in [-0.2, 0) is 27.0 Å². The SMILES string of the molecule is C[C@@H](CCc1ccccc1)NC(=O)[C@@H]1CCCN(S(=O)(=O)Cc2ccc(Cl)cc2Cl)C1. The zero-order valence-corrected chi connectivity index (χ0v) is 19.9. The predicted octanol–water partition coefficient (Wildman–Crippen LogP) is 4.67. The van der Waals surface area contributed by atoms with E-state index in [9.17, 15) is 13.2 Å². The zero-order chi connectivity index (χ0) is 22.4. The summed E-state index contributed by atoms with van der Waals surface area (Å²) in [4.78, 5) is 12.8. The number of amides is 1. The molecule has 8 heteroatoms. The molecule has 0 saturated carbocycles. The van der Waals surface area contributed by atoms with Crippen molar-refractivity contribution in [2.24, 2.45) is 5.92 Å². The molecule has 2 aromatic carbocycles. The van der Waals surface area contributed by atoms with Gasteiger partial charge in [0.25, 0.3) is 0 Å². The van der Waals surface area contributed by atoms with E-state index in [-0.39, 0.29) is 30.2 Å². The lowest BCUT2D eigenvalue weighted by molar-refractivity contribution is -0.126. The van der Waals surface area contributed by atoms with Crippen LogP contribution in [0.4, 0.5) is 0 Å². The lowest BCUT2D eigenvalue weighted by atomic mass is 9.98. The van der Waals surface area contributed by atoms with Gasteiger partial charge in [-0.2, -0.15) is 0 Å². The first-order valence-corrected chi connectivity index (χ1v) is 12.9. The Bertz CT molecular complexity index is 999. The van der Waals surface area contributed by atoms with Gasteiger partial charge in [0.05, 0.1) is 11.7 Å². The highest BCUT2D eigenvalue weighted by Gasteiger charge is 2.33. The third kappa shape index (κ3) is 6.94. The summed E-state index contributed by atoms with van der Waals surface area (Å²) in [7, 11) is -3.59. The van der Waals surface area contributed by atoms with E-state index in [4.69, 9.17) is 23.2 Å². The molecule has 5 nitrogen and oxygen atoms in total. The van der Waals surface area contributed by atoms with Crippen molar-refractivity contribution in [3.63, 3.8) is 0 Å². The number of piperidine rings is 1. The van der Waals surface area contributed by atoms with Gasteiger partial charge in [-0.1, -0.05) is 59.6 Å². The van der Waals surface area contributed by atoms with Crippen LogP contribution in [0.5, 0.6) is 0 Å². The predicted molar refractivity (Wildman–Crippen MR) is 126 cm³/mol. The number of rotatable bonds is 8. The first-order chi connectivity index (χ1) is 14.7. The molecule has 0 aromatic heterocycles. The number of aryl methyl sites for hydroxylation is 1. The minimum atomic E-state index is -3.59. The van der Waals surface area contributed by atoms with Crippen molar-refractivity contribution < 1.29 is 13.2 Å². The third-order valence-electron chi connectivity index (χ3n) is 5.60. The highest BCUT2D eigenvalue weighted by molar-refractivity contribution is 7.88. The van der Waals surface area contributed by atoms with Gasteiger partial charge >= 0.3 is 0 Å². The van der Waals surface area contributed by atoms with Crippen molar-refractivity contribution in [1.29, 1.82) is 0 Å². The maximum Gasteiger partial charge on any atom is 0.224 e. The van der Waals surface area contributed by atoms with Crippen LogP contribution >= 0.6 is 23.2 Å². The summed E-state index contributed by atoms with van der Waals surface area (Å²) in [5.41, 5.74) is 1.74. The molecule has 1 aliphatic heterocycles. The van der Waals surface area contributed by atoms with Gasteiger partial charge in [0.1, 0.15) is 0 Å². The van der Waals surface area contributed by atoms with Crippen LogP contribution < -0.4 is 5.32 Å². The van der Waals surface area contributed by atoms with E-state index in [0.29, 0.717) is 35.0 Å². The summed E-state index contributed by atoms with van der Waals surface area (Å²) in [6.07, 6.45) is 3.06. The summed E-state index contributed by atoms with van der Waals surface area (Å²) in [6.45, 7) is 2.60. The topological polar surface area (TPSA) is 66.5 Å². The van der Waals surface area contributed by atoms with E-state index < -0.39 is 10.0 Å². The minimum Gasteiger partial charge on any atom is -0.353 e. The summed E-state index contributed by atoms with van der Waals surface area (Å²) >= 11 is 12.1. The van der Waals surface area contributed by atoms with Crippen LogP contribution in [0, 0.1) is 5.92 Å². The molecule has 0 unspecified atom stereocenters. The normalized spacial score (nSPS) is 18.5. The fraction of sp³-hybridized carbons (Fsp3) is 0.435. The van der Waals surface area contributed by atoms with Crippen LogP contribution in [0.1, 0.15) is 37.3 Å². The van der Waals surface area contributed by atoms with Crippen LogP contribution in [-0.4, -0.2) is 37.8 Å². The van der Waals surface area contributed by atoms with Crippen LogP contribution in [0.3, 0.4) is 0 Å². The molecule has 31 heavy (non-hydrogen) atoms. The number of halogens is 2. The van der Waals surface area contributed by atoms with Crippen molar-refractivity contribution in [2.75, 3.05) is 13.1 Å². The maximum absolute atomic E-state index is 12.9. The average Bonchev–Trinajstić information content (AvgIpc) is 2.75. The summed E-state index contributed by atoms with van der Waals surface area (Å²) in [6, 6.07) is 15.0. The quantitative estimate of drug-likeness (QED) is 0.594. The number of carbonyl (C=O) groups is 1. The lowest BCUT2D eigenvalue weighted by Crippen LogP contribution is -2.47. The molecular weight excluding hydrogens is 455 g/mol. The van der Waals surface area contributed by atoms with Gasteiger partial charge in [-0.25, -0.2) is 12.7 Å². The van der Waals surface area contributed by atoms with Crippen molar-refractivity contribution >= 4 is 39.1 Å². The van der Waals surface area contributed by atoms with Gasteiger partial charge in [-0.05, 0) is 55.9 Å². The highest BCUT2D eigenvalue weighted by atomic mass is 35.5. The Morgan fingerprint density at radius 3 is 2.65 bits per heavy atom. The molecule has 0 aliphatic carbocycles. The number of nitrogens with zero attached hydrogens (tertiary/aromatic N) is 1. The Kier molecular flexibility index (Phi) is 8.39. The van der Waals surface area contributed by atoms with Crippen molar-refractivity contribution in [1.82, 2.24) is 9.62 Å². The number of carbonyl (C=O) groups excluding carboxylic acids is 1. The molecule has 0 bridgehead atoms. The Morgan fingerprint density at radius 2 is 1.94 bits per heavy atom. The molecule has 1 heterocycles. The molecule has 0 spiro atoms. The molecule has 1 aliphatic rings. The summed E-state index contributed by atoms with van der Waals surface area (Å²) in [5.74, 6) is -0.626. The van der Waals surface area contributed by atoms with Gasteiger partial charge in [-0.15, -0.1) is 0 Å². The highest BCUT2D eigenvalue weighted by Crippen LogP contribution is 2.26. The number of benzene rings is 2. The molecule has 3 rings (SSSR count). The van der Waals surface area contributed by atoms with Gasteiger partial charge in [0, 0.05) is 29.2 Å². The minimum absolute atomic E-state index is 0.0209. The number of nitrogens with one attached hydrogen (secondary N) is 1. The Hall–Kier alpha value is -1.60. The van der Waals surface area contributed by atoms with Crippen LogP contribution in [0.15, 0.2) is 48.5 Å². The number of sulfonamides is 1. The fourth-order valence-electron chi connectivity index (χ4n) is 3.80. The second kappa shape index (κ2) is 10.8. The Labute approximate surface area is 194 Å². The van der Waals surface area contributed by atoms with Crippen molar-refractivity contribution in [3.05, 3.63) is 69.7 Å². The first kappa shape index (κ1) is 24.1. The molecule has 1 N–H and O–H groups in total. The van der Waals surface area contributed by atoms with E-state index in [2.05, 4.69) is 17.4 Å². The van der Waals surface area contributed by atoms with Gasteiger partial charge in [0.15, 0.2) is 0 Å². The second-order valence-corrected chi connectivity index (χ2v) is 10.9. The smallest absolute Gasteiger partial charge is 0.224 e. The third-order valence-corrected chi connectivity index (χ3v) is 7.98. The maximum atomic E-state index is 12.9. The van der Waals surface area contributed by atoms with Gasteiger partial charge < -0.3 is 5.32 Å². The fourth-order valence-corrected chi connectivity index (χ4v) is 5.99. The number of hydrogen-bond acceptors (Lipinski definition) is 3. The molecule has 168 valence electrons. The van der Waals surface area contributed by atoms with E-state index in [0.717, 1.165) is 12.8 Å². The molecule has 2 aromatic rings. The summed E-state index contributed by atoms with van der Waals surface area (Å²) in [5, 5.41) is 3.85. The number of hydrogen-bond donors (Lipinski definition) is 1. The van der Waals surface area contributed by atoms with E-state index in [1.807, 2.05) is 25.1 Å². The molecular formula is C23H28Cl2N2O3S. The average molecular weight is 483 g/mol. The van der Waals surface area contributed by atoms with E-state index in [1.165, 1.54) is 15.9 Å². The lowest BCUT2D eigenvalue weighted by Gasteiger charge is -2.32. The Balaban J connectivity index is 1.55. The monoisotopic (exact) mass is 482 g/mol. The van der Waals surface area contributed by atoms with Crippen LogP contribution in [0.25, 0.3) is 0 Å². The van der Waals surface area contributed by atoms with Gasteiger partial charge in [-0.3, -0.25) is 4.79 Å². The largest absolute Gasteiger partial charge is 0.353 e. The van der Waals surface area contributed by atoms with E-state index in [1.54, 1.807) is 12.1 Å². The second-order valence-electron chi connectivity index (χ2n) is 8.12. The summed E-state index contributed by atoms with van der Waals surface area (Å²) < 4.78 is 27.3. The molecule has 1 amide bonds. The molecule has 1 fully saturated rings. The van der Waals surface area contributed by atoms with Crippen molar-refractivity contribution in [3.8, 4) is 0 Å². The molecule has 2 atom stereocenters. The standard InChI is InChI=1S/C23H28Cl2N2O3S/c1-17(9-10-18-6-3-2-4-7-18)26-23(28)19-8-5-13-27(15-19)31(29,30)16-20-11-12-21(24)14-22(20)25/h2-4,6-7,11-12,14,17,19H,5,8-10,13,15-16H2,1H3,(H,26,28)/t17-,19+/m0/s1.